The lowest BCUT2D eigenvalue weighted by atomic mass is 9.77. The number of hydrogen-bond acceptors (Lipinski definition) is 5. The molecule has 4 heterocycles. The first-order valence-corrected chi connectivity index (χ1v) is 13.4. The second kappa shape index (κ2) is 10.8. The summed E-state index contributed by atoms with van der Waals surface area (Å²) >= 11 is 0. The fourth-order valence-corrected chi connectivity index (χ4v) is 6.46. The van der Waals surface area contributed by atoms with E-state index in [1.807, 2.05) is 41.0 Å². The van der Waals surface area contributed by atoms with Gasteiger partial charge in [0.15, 0.2) is 0 Å². The molecule has 2 fully saturated rings. The summed E-state index contributed by atoms with van der Waals surface area (Å²) in [5.41, 5.74) is -1.14. The molecule has 0 aromatic heterocycles. The maximum absolute atomic E-state index is 14.1. The Hall–Kier alpha value is -2.19. The highest BCUT2D eigenvalue weighted by Crippen LogP contribution is 2.53. The van der Waals surface area contributed by atoms with Crippen molar-refractivity contribution in [3.63, 3.8) is 0 Å². The molecular weight excluding hydrogens is 446 g/mol. The van der Waals surface area contributed by atoms with Gasteiger partial charge in [0.05, 0.1) is 17.9 Å². The topological polar surface area (TPSA) is 90.4 Å². The summed E-state index contributed by atoms with van der Waals surface area (Å²) in [4.78, 5) is 47.2. The van der Waals surface area contributed by atoms with Crippen LogP contribution in [-0.2, 0) is 19.1 Å². The van der Waals surface area contributed by atoms with Gasteiger partial charge in [-0.3, -0.25) is 14.4 Å². The Morgan fingerprint density at radius 1 is 1.03 bits per heavy atom. The van der Waals surface area contributed by atoms with Gasteiger partial charge in [-0.15, -0.1) is 0 Å². The van der Waals surface area contributed by atoms with Crippen LogP contribution in [0, 0.1) is 11.8 Å². The van der Waals surface area contributed by atoms with E-state index in [9.17, 15) is 19.5 Å². The number of amides is 3. The minimum atomic E-state index is -1.14. The van der Waals surface area contributed by atoms with Gasteiger partial charge < -0.3 is 24.5 Å². The van der Waals surface area contributed by atoms with Crippen molar-refractivity contribution in [3.8, 4) is 0 Å². The van der Waals surface area contributed by atoms with E-state index in [2.05, 4.69) is 13.8 Å². The number of aliphatic hydroxyl groups is 1. The Kier molecular flexibility index (Phi) is 8.01. The van der Waals surface area contributed by atoms with Gasteiger partial charge in [-0.05, 0) is 39.0 Å². The minimum absolute atomic E-state index is 0.0474. The highest BCUT2D eigenvalue weighted by atomic mass is 16.5. The zero-order chi connectivity index (χ0) is 25.2. The zero-order valence-electron chi connectivity index (χ0n) is 21.4. The third-order valence-corrected chi connectivity index (χ3v) is 8.06. The molecule has 6 atom stereocenters. The monoisotopic (exact) mass is 487 g/mol. The van der Waals surface area contributed by atoms with Crippen LogP contribution in [0.25, 0.3) is 0 Å². The van der Waals surface area contributed by atoms with E-state index < -0.39 is 29.6 Å². The van der Waals surface area contributed by atoms with E-state index >= 15 is 0 Å². The summed E-state index contributed by atoms with van der Waals surface area (Å²) in [6.07, 6.45) is 12.0. The highest BCUT2D eigenvalue weighted by Gasteiger charge is 2.71. The van der Waals surface area contributed by atoms with E-state index in [-0.39, 0.29) is 30.4 Å². The molecule has 8 nitrogen and oxygen atoms in total. The van der Waals surface area contributed by atoms with E-state index in [0.717, 1.165) is 25.7 Å². The molecule has 35 heavy (non-hydrogen) atoms. The number of ether oxygens (including phenoxy) is 1. The number of carbonyl (C=O) groups excluding carboxylic acids is 3. The Balaban J connectivity index is 1.73. The molecule has 2 saturated heterocycles. The molecule has 0 bridgehead atoms. The first-order valence-electron chi connectivity index (χ1n) is 13.4. The summed E-state index contributed by atoms with van der Waals surface area (Å²) < 4.78 is 6.65. The number of likely N-dealkylation sites (tertiary alicyclic amines) is 1. The van der Waals surface area contributed by atoms with Crippen LogP contribution in [0.4, 0.5) is 0 Å². The number of fused-ring (bicyclic) bond motifs is 2. The van der Waals surface area contributed by atoms with Gasteiger partial charge in [-0.25, -0.2) is 0 Å². The molecule has 194 valence electrons. The number of rotatable bonds is 10. The molecule has 4 aliphatic rings. The van der Waals surface area contributed by atoms with Crippen molar-refractivity contribution in [1.82, 2.24) is 14.7 Å². The lowest BCUT2D eigenvalue weighted by Crippen LogP contribution is -2.56. The first kappa shape index (κ1) is 25.9. The summed E-state index contributed by atoms with van der Waals surface area (Å²) in [5.74, 6) is -1.65. The molecule has 1 spiro atoms. The van der Waals surface area contributed by atoms with Gasteiger partial charge in [0.2, 0.25) is 17.7 Å². The number of carbonyl (C=O) groups is 3. The van der Waals surface area contributed by atoms with E-state index in [4.69, 9.17) is 4.74 Å². The molecule has 0 saturated carbocycles. The maximum atomic E-state index is 14.1. The molecule has 8 heteroatoms. The second-order valence-electron chi connectivity index (χ2n) is 10.4. The fraction of sp³-hybridized carbons (Fsp3) is 0.741. The molecule has 0 aromatic carbocycles. The van der Waals surface area contributed by atoms with Gasteiger partial charge in [0, 0.05) is 38.8 Å². The third-order valence-electron chi connectivity index (χ3n) is 8.06. The normalized spacial score (nSPS) is 33.0. The van der Waals surface area contributed by atoms with Crippen molar-refractivity contribution >= 4 is 17.7 Å². The van der Waals surface area contributed by atoms with Crippen molar-refractivity contribution in [2.75, 3.05) is 32.8 Å². The van der Waals surface area contributed by atoms with Gasteiger partial charge in [-0.2, -0.15) is 0 Å². The second-order valence-corrected chi connectivity index (χ2v) is 10.4. The van der Waals surface area contributed by atoms with Crippen molar-refractivity contribution in [3.05, 3.63) is 24.3 Å². The van der Waals surface area contributed by atoms with Crippen LogP contribution >= 0.6 is 0 Å². The van der Waals surface area contributed by atoms with Gasteiger partial charge >= 0.3 is 0 Å². The number of nitrogens with zero attached hydrogens (tertiary/aromatic N) is 3. The van der Waals surface area contributed by atoms with Crippen LogP contribution in [0.2, 0.25) is 0 Å². The van der Waals surface area contributed by atoms with Crippen molar-refractivity contribution in [2.45, 2.75) is 83.1 Å². The van der Waals surface area contributed by atoms with E-state index in [0.29, 0.717) is 39.0 Å². The van der Waals surface area contributed by atoms with Gasteiger partial charge in [0.1, 0.15) is 11.6 Å². The zero-order valence-corrected chi connectivity index (χ0v) is 21.4. The van der Waals surface area contributed by atoms with E-state index in [1.54, 1.807) is 4.90 Å². The summed E-state index contributed by atoms with van der Waals surface area (Å²) in [5, 5.41) is 9.19. The minimum Gasteiger partial charge on any atom is -0.396 e. The van der Waals surface area contributed by atoms with Crippen LogP contribution in [0.5, 0.6) is 0 Å². The summed E-state index contributed by atoms with van der Waals surface area (Å²) in [6.45, 7) is 8.34. The van der Waals surface area contributed by atoms with Crippen LogP contribution < -0.4 is 0 Å². The smallest absolute Gasteiger partial charge is 0.249 e. The maximum Gasteiger partial charge on any atom is 0.249 e. The average Bonchev–Trinajstić information content (AvgIpc) is 3.14. The summed E-state index contributed by atoms with van der Waals surface area (Å²) in [6, 6.07) is -0.730. The molecule has 3 amide bonds. The van der Waals surface area contributed by atoms with Gasteiger partial charge in [0.25, 0.3) is 0 Å². The van der Waals surface area contributed by atoms with Crippen molar-refractivity contribution in [1.29, 1.82) is 0 Å². The summed E-state index contributed by atoms with van der Waals surface area (Å²) in [7, 11) is 0. The molecular formula is C27H41N3O5. The number of hydrogen-bond donors (Lipinski definition) is 1. The average molecular weight is 488 g/mol. The Morgan fingerprint density at radius 3 is 2.54 bits per heavy atom. The van der Waals surface area contributed by atoms with Crippen LogP contribution in [0.15, 0.2) is 24.3 Å². The SMILES string of the molecule is CCCC(C)N1CC=C[C@]23O[C@H]4C=CCN(CCC)C(=O)[C@H]4[C@H]2C(=O)N(CCCCCO)C3C1=O. The molecule has 4 rings (SSSR count). The van der Waals surface area contributed by atoms with Gasteiger partial charge in [-0.1, -0.05) is 44.6 Å². The lowest BCUT2D eigenvalue weighted by molar-refractivity contribution is -0.149. The van der Waals surface area contributed by atoms with Crippen LogP contribution in [0.3, 0.4) is 0 Å². The Labute approximate surface area is 208 Å². The predicted molar refractivity (Wildman–Crippen MR) is 132 cm³/mol. The van der Waals surface area contributed by atoms with Crippen molar-refractivity contribution < 1.29 is 24.2 Å². The Morgan fingerprint density at radius 2 is 1.83 bits per heavy atom. The predicted octanol–water partition coefficient (Wildman–Crippen LogP) is 2.13. The molecule has 0 radical (unpaired) electrons. The molecule has 0 aromatic rings. The Bertz CT molecular complexity index is 873. The van der Waals surface area contributed by atoms with Crippen molar-refractivity contribution in [2.24, 2.45) is 11.8 Å². The standard InChI is InChI=1S/C27H41N3O5/c1-4-11-19(3)29-17-10-13-27-22(21-20(35-27)12-9-15-28(14-5-2)24(21)32)25(33)30(23(27)26(29)34)16-7-6-8-18-31/h9-10,12-13,19-23,31H,4-8,11,14-18H2,1-3H3/t19?,20-,21+,22-,23?,27-/m0/s1. The quantitative estimate of drug-likeness (QED) is 0.377. The number of aliphatic hydroxyl groups excluding tert-OH is 1. The largest absolute Gasteiger partial charge is 0.396 e. The first-order chi connectivity index (χ1) is 16.9. The third kappa shape index (κ3) is 4.44. The molecule has 4 aliphatic heterocycles. The molecule has 2 unspecified atom stereocenters. The molecule has 1 N–H and O–H groups in total. The van der Waals surface area contributed by atoms with Crippen LogP contribution in [-0.4, -0.2) is 94.1 Å². The molecule has 0 aliphatic carbocycles. The fourth-order valence-electron chi connectivity index (χ4n) is 6.46. The number of unbranched alkanes of at least 4 members (excludes halogenated alkanes) is 2. The van der Waals surface area contributed by atoms with Crippen LogP contribution in [0.1, 0.15) is 59.3 Å². The lowest BCUT2D eigenvalue weighted by Gasteiger charge is -2.37. The van der Waals surface area contributed by atoms with E-state index in [1.165, 1.54) is 0 Å². The highest BCUT2D eigenvalue weighted by molar-refractivity contribution is 5.99.